The van der Waals surface area contributed by atoms with E-state index in [4.69, 9.17) is 5.73 Å². The van der Waals surface area contributed by atoms with Gasteiger partial charge in [0.25, 0.3) is 0 Å². The third-order valence-electron chi connectivity index (χ3n) is 3.32. The van der Waals surface area contributed by atoms with Crippen LogP contribution in [0.3, 0.4) is 0 Å². The molecule has 1 aliphatic rings. The number of hydrogen-bond acceptors (Lipinski definition) is 2. The Kier molecular flexibility index (Phi) is 3.64. The Morgan fingerprint density at radius 3 is 2.76 bits per heavy atom. The van der Waals surface area contributed by atoms with Crippen LogP contribution in [0.5, 0.6) is 0 Å². The number of hydrogen-bond donors (Lipinski definition) is 1. The van der Waals surface area contributed by atoms with Crippen molar-refractivity contribution in [2.24, 2.45) is 5.73 Å². The average molecular weight is 300 g/mol. The maximum atomic E-state index is 13.3. The van der Waals surface area contributed by atoms with E-state index in [1.54, 1.807) is 12.1 Å². The SMILES string of the molecule is NC1(CC(=O)Cc2cccc(F)c2Br)CCC1. The first kappa shape index (κ1) is 12.7. The van der Waals surface area contributed by atoms with Gasteiger partial charge in [-0.25, -0.2) is 4.39 Å². The number of carbonyl (C=O) groups is 1. The largest absolute Gasteiger partial charge is 0.325 e. The van der Waals surface area contributed by atoms with Crippen LogP contribution in [0.25, 0.3) is 0 Å². The van der Waals surface area contributed by atoms with E-state index in [0.717, 1.165) is 19.3 Å². The van der Waals surface area contributed by atoms with Gasteiger partial charge in [0.15, 0.2) is 0 Å². The van der Waals surface area contributed by atoms with Crippen molar-refractivity contribution in [2.45, 2.75) is 37.6 Å². The lowest BCUT2D eigenvalue weighted by Gasteiger charge is -2.37. The van der Waals surface area contributed by atoms with E-state index in [1.807, 2.05) is 0 Å². The van der Waals surface area contributed by atoms with Crippen molar-refractivity contribution in [3.63, 3.8) is 0 Å². The fourth-order valence-corrected chi connectivity index (χ4v) is 2.56. The summed E-state index contributed by atoms with van der Waals surface area (Å²) in [7, 11) is 0. The van der Waals surface area contributed by atoms with Crippen molar-refractivity contribution >= 4 is 21.7 Å². The molecule has 0 aromatic heterocycles. The summed E-state index contributed by atoms with van der Waals surface area (Å²) in [6.45, 7) is 0. The van der Waals surface area contributed by atoms with Crippen LogP contribution >= 0.6 is 15.9 Å². The van der Waals surface area contributed by atoms with Crippen molar-refractivity contribution in [3.8, 4) is 0 Å². The lowest BCUT2D eigenvalue weighted by atomic mass is 9.74. The molecule has 0 amide bonds. The Morgan fingerprint density at radius 1 is 1.47 bits per heavy atom. The minimum absolute atomic E-state index is 0.0819. The maximum absolute atomic E-state index is 13.3. The molecular weight excluding hydrogens is 285 g/mol. The smallest absolute Gasteiger partial charge is 0.139 e. The first-order valence-corrected chi connectivity index (χ1v) is 6.53. The van der Waals surface area contributed by atoms with Crippen LogP contribution in [0.15, 0.2) is 22.7 Å². The highest BCUT2D eigenvalue weighted by molar-refractivity contribution is 9.10. The minimum atomic E-state index is -0.332. The van der Waals surface area contributed by atoms with E-state index in [2.05, 4.69) is 15.9 Å². The number of benzene rings is 1. The summed E-state index contributed by atoms with van der Waals surface area (Å²) in [5.41, 5.74) is 6.42. The van der Waals surface area contributed by atoms with Crippen molar-refractivity contribution < 1.29 is 9.18 Å². The van der Waals surface area contributed by atoms with Crippen molar-refractivity contribution in [2.75, 3.05) is 0 Å². The lowest BCUT2D eigenvalue weighted by molar-refractivity contribution is -0.120. The van der Waals surface area contributed by atoms with Crippen molar-refractivity contribution in [1.82, 2.24) is 0 Å². The van der Waals surface area contributed by atoms with E-state index in [9.17, 15) is 9.18 Å². The third-order valence-corrected chi connectivity index (χ3v) is 4.21. The second kappa shape index (κ2) is 4.86. The number of halogens is 2. The number of rotatable bonds is 4. The van der Waals surface area contributed by atoms with Crippen LogP contribution in [-0.4, -0.2) is 11.3 Å². The molecule has 2 N–H and O–H groups in total. The highest BCUT2D eigenvalue weighted by atomic mass is 79.9. The molecule has 17 heavy (non-hydrogen) atoms. The summed E-state index contributed by atoms with van der Waals surface area (Å²) in [6, 6.07) is 4.74. The number of carbonyl (C=O) groups excluding carboxylic acids is 1. The molecular formula is C13H15BrFNO. The minimum Gasteiger partial charge on any atom is -0.325 e. The van der Waals surface area contributed by atoms with E-state index < -0.39 is 0 Å². The normalized spacial score (nSPS) is 17.6. The Labute approximate surface area is 109 Å². The van der Waals surface area contributed by atoms with Gasteiger partial charge in [-0.05, 0) is 46.8 Å². The molecule has 0 atom stereocenters. The quantitative estimate of drug-likeness (QED) is 0.929. The molecule has 92 valence electrons. The Hall–Kier alpha value is -0.740. The fraction of sp³-hybridized carbons (Fsp3) is 0.462. The van der Waals surface area contributed by atoms with E-state index in [0.29, 0.717) is 16.5 Å². The van der Waals surface area contributed by atoms with Gasteiger partial charge in [-0.15, -0.1) is 0 Å². The van der Waals surface area contributed by atoms with Crippen LogP contribution in [0.4, 0.5) is 4.39 Å². The Morgan fingerprint density at radius 2 is 2.18 bits per heavy atom. The predicted octanol–water partition coefficient (Wildman–Crippen LogP) is 2.97. The molecule has 1 saturated carbocycles. The monoisotopic (exact) mass is 299 g/mol. The molecule has 1 fully saturated rings. The van der Waals surface area contributed by atoms with Gasteiger partial charge in [0.05, 0.1) is 4.47 Å². The summed E-state index contributed by atoms with van der Waals surface area (Å²) < 4.78 is 13.6. The van der Waals surface area contributed by atoms with Gasteiger partial charge in [-0.1, -0.05) is 12.1 Å². The van der Waals surface area contributed by atoms with E-state index >= 15 is 0 Å². The molecule has 0 spiro atoms. The second-order valence-electron chi connectivity index (χ2n) is 4.82. The standard InChI is InChI=1S/C13H15BrFNO/c14-12-9(3-1-4-11(12)15)7-10(17)8-13(16)5-2-6-13/h1,3-4H,2,5-8,16H2. The zero-order valence-corrected chi connectivity index (χ0v) is 11.1. The summed E-state index contributed by atoms with van der Waals surface area (Å²) in [4.78, 5) is 11.9. The number of nitrogens with two attached hydrogens (primary N) is 1. The summed E-state index contributed by atoms with van der Waals surface area (Å²) in [6.07, 6.45) is 3.59. The van der Waals surface area contributed by atoms with Crippen LogP contribution < -0.4 is 5.73 Å². The Balaban J connectivity index is 2.00. The van der Waals surface area contributed by atoms with E-state index in [-0.39, 0.29) is 23.6 Å². The van der Waals surface area contributed by atoms with Gasteiger partial charge in [0.2, 0.25) is 0 Å². The second-order valence-corrected chi connectivity index (χ2v) is 5.61. The molecule has 0 radical (unpaired) electrons. The first-order valence-electron chi connectivity index (χ1n) is 5.74. The molecule has 1 aliphatic carbocycles. The first-order chi connectivity index (χ1) is 8.00. The molecule has 0 heterocycles. The zero-order chi connectivity index (χ0) is 12.5. The molecule has 4 heteroatoms. The molecule has 2 rings (SSSR count). The predicted molar refractivity (Wildman–Crippen MR) is 68.2 cm³/mol. The maximum Gasteiger partial charge on any atom is 0.139 e. The van der Waals surface area contributed by atoms with Crippen LogP contribution in [0.2, 0.25) is 0 Å². The summed E-state index contributed by atoms with van der Waals surface area (Å²) >= 11 is 3.16. The van der Waals surface area contributed by atoms with Gasteiger partial charge in [-0.3, -0.25) is 4.79 Å². The number of ketones is 1. The molecule has 2 nitrogen and oxygen atoms in total. The fourth-order valence-electron chi connectivity index (χ4n) is 2.16. The van der Waals surface area contributed by atoms with Crippen LogP contribution in [-0.2, 0) is 11.2 Å². The molecule has 0 aliphatic heterocycles. The van der Waals surface area contributed by atoms with Crippen LogP contribution in [0.1, 0.15) is 31.2 Å². The highest BCUT2D eigenvalue weighted by Crippen LogP contribution is 2.33. The van der Waals surface area contributed by atoms with Gasteiger partial charge in [0.1, 0.15) is 11.6 Å². The van der Waals surface area contributed by atoms with Gasteiger partial charge in [0, 0.05) is 18.4 Å². The molecule has 1 aromatic rings. The highest BCUT2D eigenvalue weighted by Gasteiger charge is 2.34. The van der Waals surface area contributed by atoms with Crippen LogP contribution in [0, 0.1) is 5.82 Å². The molecule has 1 aromatic carbocycles. The number of Topliss-reactive ketones (excluding diaryl/α,β-unsaturated/α-hetero) is 1. The van der Waals surface area contributed by atoms with Crippen molar-refractivity contribution in [3.05, 3.63) is 34.1 Å². The summed E-state index contributed by atoms with van der Waals surface area (Å²) in [5, 5.41) is 0. The van der Waals surface area contributed by atoms with Gasteiger partial charge < -0.3 is 5.73 Å². The third kappa shape index (κ3) is 2.93. The van der Waals surface area contributed by atoms with Crippen molar-refractivity contribution in [1.29, 1.82) is 0 Å². The van der Waals surface area contributed by atoms with E-state index in [1.165, 1.54) is 6.07 Å². The average Bonchev–Trinajstić information content (AvgIpc) is 2.22. The molecule has 0 unspecified atom stereocenters. The van der Waals surface area contributed by atoms with Gasteiger partial charge >= 0.3 is 0 Å². The molecule has 0 saturated heterocycles. The van der Waals surface area contributed by atoms with Gasteiger partial charge in [-0.2, -0.15) is 0 Å². The topological polar surface area (TPSA) is 43.1 Å². The molecule has 0 bridgehead atoms. The lowest BCUT2D eigenvalue weighted by Crippen LogP contribution is -2.48. The zero-order valence-electron chi connectivity index (χ0n) is 9.51. The Bertz CT molecular complexity index is 443. The summed E-state index contributed by atoms with van der Waals surface area (Å²) in [5.74, 6) is -0.250.